The fourth-order valence-electron chi connectivity index (χ4n) is 1.85. The molecule has 0 saturated heterocycles. The zero-order chi connectivity index (χ0) is 17.1. The standard InChI is InChI=1S/C14H9Br2ClN2O4/c1-23-13-9(4-7(15)5-10(13)16)14(20)18-12-3-2-8(19(21)22)6-11(12)17/h2-6H,1H3,(H,18,20). The van der Waals surface area contributed by atoms with Gasteiger partial charge in [0.15, 0.2) is 0 Å². The first-order valence-electron chi connectivity index (χ1n) is 6.11. The van der Waals surface area contributed by atoms with Crippen LogP contribution in [0, 0.1) is 10.1 Å². The number of nitro benzene ring substituents is 1. The number of carbonyl (C=O) groups is 1. The summed E-state index contributed by atoms with van der Waals surface area (Å²) in [6.45, 7) is 0. The van der Waals surface area contributed by atoms with E-state index in [9.17, 15) is 14.9 Å². The van der Waals surface area contributed by atoms with Crippen LogP contribution in [0.3, 0.4) is 0 Å². The molecule has 0 heterocycles. The highest BCUT2D eigenvalue weighted by molar-refractivity contribution is 9.11. The molecule has 0 atom stereocenters. The highest BCUT2D eigenvalue weighted by atomic mass is 79.9. The Morgan fingerprint density at radius 1 is 1.30 bits per heavy atom. The smallest absolute Gasteiger partial charge is 0.271 e. The molecular formula is C14H9Br2ClN2O4. The lowest BCUT2D eigenvalue weighted by atomic mass is 10.1. The van der Waals surface area contributed by atoms with Gasteiger partial charge < -0.3 is 10.1 Å². The number of hydrogen-bond donors (Lipinski definition) is 1. The molecule has 1 amide bonds. The largest absolute Gasteiger partial charge is 0.495 e. The summed E-state index contributed by atoms with van der Waals surface area (Å²) in [5.74, 6) is -0.0941. The predicted molar refractivity (Wildman–Crippen MR) is 94.5 cm³/mol. The van der Waals surface area contributed by atoms with Crippen molar-refractivity contribution in [2.24, 2.45) is 0 Å². The average Bonchev–Trinajstić information content (AvgIpc) is 2.48. The Morgan fingerprint density at radius 2 is 2.00 bits per heavy atom. The molecule has 1 N–H and O–H groups in total. The number of non-ortho nitro benzene ring substituents is 1. The molecule has 0 aliphatic heterocycles. The Bertz CT molecular complexity index is 799. The second kappa shape index (κ2) is 7.29. The first kappa shape index (κ1) is 17.7. The Hall–Kier alpha value is -1.64. The molecule has 0 bridgehead atoms. The third-order valence-electron chi connectivity index (χ3n) is 2.87. The van der Waals surface area contributed by atoms with Crippen molar-refractivity contribution in [3.63, 3.8) is 0 Å². The monoisotopic (exact) mass is 462 g/mol. The molecule has 9 heteroatoms. The van der Waals surface area contributed by atoms with Crippen molar-refractivity contribution in [1.29, 1.82) is 0 Å². The minimum Gasteiger partial charge on any atom is -0.495 e. The molecule has 0 radical (unpaired) electrons. The van der Waals surface area contributed by atoms with Crippen molar-refractivity contribution in [2.45, 2.75) is 0 Å². The molecule has 2 aromatic rings. The number of rotatable bonds is 4. The number of methoxy groups -OCH3 is 1. The maximum absolute atomic E-state index is 12.4. The Kier molecular flexibility index (Phi) is 5.61. The number of nitrogens with one attached hydrogen (secondary N) is 1. The van der Waals surface area contributed by atoms with E-state index in [1.807, 2.05) is 0 Å². The molecule has 2 rings (SSSR count). The van der Waals surface area contributed by atoms with Gasteiger partial charge >= 0.3 is 0 Å². The normalized spacial score (nSPS) is 10.3. The van der Waals surface area contributed by atoms with Gasteiger partial charge in [-0.05, 0) is 34.1 Å². The van der Waals surface area contributed by atoms with Gasteiger partial charge in [-0.3, -0.25) is 14.9 Å². The lowest BCUT2D eigenvalue weighted by Gasteiger charge is -2.12. The molecule has 23 heavy (non-hydrogen) atoms. The number of nitro groups is 1. The van der Waals surface area contributed by atoms with Gasteiger partial charge in [0.2, 0.25) is 0 Å². The van der Waals surface area contributed by atoms with Gasteiger partial charge in [-0.15, -0.1) is 0 Å². The van der Waals surface area contributed by atoms with Crippen molar-refractivity contribution in [3.05, 3.63) is 60.0 Å². The topological polar surface area (TPSA) is 81.5 Å². The molecule has 2 aromatic carbocycles. The molecule has 0 spiro atoms. The van der Waals surface area contributed by atoms with Gasteiger partial charge in [0.1, 0.15) is 5.75 Å². The van der Waals surface area contributed by atoms with Gasteiger partial charge in [0.05, 0.1) is 32.8 Å². The third kappa shape index (κ3) is 4.01. The van der Waals surface area contributed by atoms with Crippen molar-refractivity contribution in [2.75, 3.05) is 12.4 Å². The number of amides is 1. The third-order valence-corrected chi connectivity index (χ3v) is 4.23. The van der Waals surface area contributed by atoms with Gasteiger partial charge in [-0.1, -0.05) is 27.5 Å². The summed E-state index contributed by atoms with van der Waals surface area (Å²) >= 11 is 12.6. The van der Waals surface area contributed by atoms with Crippen LogP contribution in [0.25, 0.3) is 0 Å². The second-order valence-corrected chi connectivity index (χ2v) is 6.52. The van der Waals surface area contributed by atoms with E-state index in [1.54, 1.807) is 12.1 Å². The fourth-order valence-corrected chi connectivity index (χ4v) is 3.45. The minimum atomic E-state index is -0.564. The van der Waals surface area contributed by atoms with E-state index in [0.29, 0.717) is 14.7 Å². The van der Waals surface area contributed by atoms with Crippen LogP contribution in [-0.4, -0.2) is 17.9 Å². The van der Waals surface area contributed by atoms with E-state index < -0.39 is 10.8 Å². The van der Waals surface area contributed by atoms with Crippen LogP contribution in [0.1, 0.15) is 10.4 Å². The van der Waals surface area contributed by atoms with E-state index in [-0.39, 0.29) is 22.0 Å². The molecule has 6 nitrogen and oxygen atoms in total. The van der Waals surface area contributed by atoms with E-state index in [2.05, 4.69) is 37.2 Å². The maximum Gasteiger partial charge on any atom is 0.271 e. The number of anilines is 1. The average molecular weight is 464 g/mol. The highest BCUT2D eigenvalue weighted by Gasteiger charge is 2.18. The van der Waals surface area contributed by atoms with Crippen molar-refractivity contribution < 1.29 is 14.5 Å². The van der Waals surface area contributed by atoms with Crippen molar-refractivity contribution in [3.8, 4) is 5.75 Å². The molecule has 0 fully saturated rings. The molecule has 0 unspecified atom stereocenters. The summed E-state index contributed by atoms with van der Waals surface area (Å²) < 4.78 is 6.51. The van der Waals surface area contributed by atoms with Crippen LogP contribution in [0.2, 0.25) is 5.02 Å². The fraction of sp³-hybridized carbons (Fsp3) is 0.0714. The predicted octanol–water partition coefficient (Wildman–Crippen LogP) is 5.03. The van der Waals surface area contributed by atoms with Crippen LogP contribution < -0.4 is 10.1 Å². The number of benzene rings is 2. The summed E-state index contributed by atoms with van der Waals surface area (Å²) in [5, 5.41) is 13.4. The van der Waals surface area contributed by atoms with Crippen LogP contribution >= 0.6 is 43.5 Å². The zero-order valence-corrected chi connectivity index (χ0v) is 15.5. The number of nitrogens with zero attached hydrogens (tertiary/aromatic N) is 1. The van der Waals surface area contributed by atoms with Gasteiger partial charge in [-0.25, -0.2) is 0 Å². The number of carbonyl (C=O) groups excluding carboxylic acids is 1. The van der Waals surface area contributed by atoms with E-state index in [1.165, 1.54) is 25.3 Å². The summed E-state index contributed by atoms with van der Waals surface area (Å²) in [4.78, 5) is 22.6. The molecule has 0 aromatic heterocycles. The maximum atomic E-state index is 12.4. The molecular weight excluding hydrogens is 455 g/mol. The van der Waals surface area contributed by atoms with Crippen molar-refractivity contribution in [1.82, 2.24) is 0 Å². The van der Waals surface area contributed by atoms with E-state index >= 15 is 0 Å². The molecule has 0 aliphatic carbocycles. The first-order chi connectivity index (χ1) is 10.8. The Labute approximate surface area is 153 Å². The lowest BCUT2D eigenvalue weighted by Crippen LogP contribution is -2.14. The Balaban J connectivity index is 2.35. The Morgan fingerprint density at radius 3 is 2.57 bits per heavy atom. The SMILES string of the molecule is COc1c(Br)cc(Br)cc1C(=O)Nc1ccc([N+](=O)[O-])cc1Cl. The molecule has 120 valence electrons. The first-order valence-corrected chi connectivity index (χ1v) is 8.08. The molecule has 0 aliphatic rings. The van der Waals surface area contributed by atoms with E-state index in [0.717, 1.165) is 0 Å². The van der Waals surface area contributed by atoms with Crippen molar-refractivity contribution >= 4 is 60.7 Å². The van der Waals surface area contributed by atoms with Gasteiger partial charge in [0.25, 0.3) is 11.6 Å². The summed E-state index contributed by atoms with van der Waals surface area (Å²) in [6.07, 6.45) is 0. The number of ether oxygens (including phenoxy) is 1. The quantitative estimate of drug-likeness (QED) is 0.508. The van der Waals surface area contributed by atoms with Crippen LogP contribution in [0.15, 0.2) is 39.3 Å². The van der Waals surface area contributed by atoms with Crippen LogP contribution in [0.4, 0.5) is 11.4 Å². The highest BCUT2D eigenvalue weighted by Crippen LogP contribution is 2.34. The summed E-state index contributed by atoms with van der Waals surface area (Å²) in [5.41, 5.74) is 0.388. The van der Waals surface area contributed by atoms with Gasteiger partial charge in [-0.2, -0.15) is 0 Å². The summed E-state index contributed by atoms with van der Waals surface area (Å²) in [7, 11) is 1.45. The lowest BCUT2D eigenvalue weighted by molar-refractivity contribution is -0.384. The van der Waals surface area contributed by atoms with E-state index in [4.69, 9.17) is 16.3 Å². The number of hydrogen-bond acceptors (Lipinski definition) is 4. The number of halogens is 3. The van der Waals surface area contributed by atoms with Crippen LogP contribution in [-0.2, 0) is 0 Å². The molecule has 0 saturated carbocycles. The zero-order valence-electron chi connectivity index (χ0n) is 11.6. The minimum absolute atomic E-state index is 0.0700. The second-order valence-electron chi connectivity index (χ2n) is 4.34. The summed E-state index contributed by atoms with van der Waals surface area (Å²) in [6, 6.07) is 7.14. The van der Waals surface area contributed by atoms with Crippen LogP contribution in [0.5, 0.6) is 5.75 Å². The van der Waals surface area contributed by atoms with Gasteiger partial charge in [0, 0.05) is 16.6 Å².